The summed E-state index contributed by atoms with van der Waals surface area (Å²) in [6.07, 6.45) is 0. The fourth-order valence-corrected chi connectivity index (χ4v) is 2.96. The molecule has 0 saturated carbocycles. The molecule has 2 aromatic rings. The smallest absolute Gasteiger partial charge is 0.269 e. The number of hydrogen-bond acceptors (Lipinski definition) is 5. The SMILES string of the molecule is COc1ccc(Cl)cc1NC(=O)[C@H](C)Sc1ccc([N+](=O)[O-])cc1. The van der Waals surface area contributed by atoms with Crippen molar-refractivity contribution in [1.82, 2.24) is 0 Å². The van der Waals surface area contributed by atoms with Gasteiger partial charge in [-0.25, -0.2) is 0 Å². The van der Waals surface area contributed by atoms with E-state index >= 15 is 0 Å². The minimum Gasteiger partial charge on any atom is -0.495 e. The van der Waals surface area contributed by atoms with Crippen molar-refractivity contribution in [3.05, 3.63) is 57.6 Å². The number of nitro groups is 1. The Labute approximate surface area is 148 Å². The zero-order valence-corrected chi connectivity index (χ0v) is 14.6. The van der Waals surface area contributed by atoms with E-state index in [4.69, 9.17) is 16.3 Å². The number of nitrogens with one attached hydrogen (secondary N) is 1. The van der Waals surface area contributed by atoms with E-state index in [9.17, 15) is 14.9 Å². The van der Waals surface area contributed by atoms with Gasteiger partial charge in [-0.1, -0.05) is 11.6 Å². The lowest BCUT2D eigenvalue weighted by Gasteiger charge is -2.14. The fraction of sp³-hybridized carbons (Fsp3) is 0.188. The van der Waals surface area contributed by atoms with Crippen LogP contribution < -0.4 is 10.1 Å². The minimum atomic E-state index is -0.462. The number of nitrogens with zero attached hydrogens (tertiary/aromatic N) is 1. The van der Waals surface area contributed by atoms with Crippen LogP contribution in [0.2, 0.25) is 5.02 Å². The lowest BCUT2D eigenvalue weighted by molar-refractivity contribution is -0.384. The second-order valence-electron chi connectivity index (χ2n) is 4.84. The van der Waals surface area contributed by atoms with Crippen LogP contribution in [0.1, 0.15) is 6.92 Å². The highest BCUT2D eigenvalue weighted by Gasteiger charge is 2.17. The van der Waals surface area contributed by atoms with E-state index in [1.165, 1.54) is 31.0 Å². The minimum absolute atomic E-state index is 0.0140. The Morgan fingerprint density at radius 2 is 1.96 bits per heavy atom. The number of nitro benzene ring substituents is 1. The summed E-state index contributed by atoms with van der Waals surface area (Å²) in [5, 5.41) is 13.5. The number of thioether (sulfide) groups is 1. The lowest BCUT2D eigenvalue weighted by Crippen LogP contribution is -2.22. The molecule has 6 nitrogen and oxygen atoms in total. The number of halogens is 1. The second kappa shape index (κ2) is 8.03. The van der Waals surface area contributed by atoms with Gasteiger partial charge in [0.1, 0.15) is 5.75 Å². The first-order valence-electron chi connectivity index (χ1n) is 6.96. The van der Waals surface area contributed by atoms with Crippen LogP contribution in [0.4, 0.5) is 11.4 Å². The molecule has 1 N–H and O–H groups in total. The number of rotatable bonds is 6. The molecule has 8 heteroatoms. The van der Waals surface area contributed by atoms with Gasteiger partial charge >= 0.3 is 0 Å². The van der Waals surface area contributed by atoms with E-state index in [2.05, 4.69) is 5.32 Å². The molecule has 0 aliphatic carbocycles. The molecule has 0 aromatic heterocycles. The molecule has 0 bridgehead atoms. The zero-order valence-electron chi connectivity index (χ0n) is 13.0. The maximum absolute atomic E-state index is 12.3. The van der Waals surface area contributed by atoms with Gasteiger partial charge in [0.15, 0.2) is 0 Å². The van der Waals surface area contributed by atoms with E-state index in [1.807, 2.05) is 0 Å². The van der Waals surface area contributed by atoms with Crippen molar-refractivity contribution in [3.63, 3.8) is 0 Å². The van der Waals surface area contributed by atoms with Gasteiger partial charge in [0, 0.05) is 22.1 Å². The number of methoxy groups -OCH3 is 1. The predicted octanol–water partition coefficient (Wildman–Crippen LogP) is 4.38. The monoisotopic (exact) mass is 366 g/mol. The van der Waals surface area contributed by atoms with Crippen LogP contribution in [0, 0.1) is 10.1 Å². The van der Waals surface area contributed by atoms with Crippen LogP contribution in [-0.4, -0.2) is 23.2 Å². The van der Waals surface area contributed by atoms with Gasteiger partial charge in [0.25, 0.3) is 5.69 Å². The van der Waals surface area contributed by atoms with Gasteiger partial charge in [-0.05, 0) is 37.3 Å². The van der Waals surface area contributed by atoms with Crippen molar-refractivity contribution in [2.45, 2.75) is 17.1 Å². The van der Waals surface area contributed by atoms with Crippen LogP contribution >= 0.6 is 23.4 Å². The Morgan fingerprint density at radius 1 is 1.29 bits per heavy atom. The lowest BCUT2D eigenvalue weighted by atomic mass is 10.3. The highest BCUT2D eigenvalue weighted by Crippen LogP contribution is 2.30. The van der Waals surface area contributed by atoms with Crippen molar-refractivity contribution >= 4 is 40.6 Å². The molecule has 1 amide bonds. The first-order chi connectivity index (χ1) is 11.4. The van der Waals surface area contributed by atoms with E-state index in [1.54, 1.807) is 37.3 Å². The van der Waals surface area contributed by atoms with Crippen LogP contribution in [0.3, 0.4) is 0 Å². The predicted molar refractivity (Wildman–Crippen MR) is 95.0 cm³/mol. The Kier molecular flexibility index (Phi) is 6.05. The van der Waals surface area contributed by atoms with Gasteiger partial charge in [0.05, 0.1) is 23.0 Å². The van der Waals surface area contributed by atoms with E-state index < -0.39 is 10.2 Å². The third-order valence-corrected chi connectivity index (χ3v) is 4.50. The summed E-state index contributed by atoms with van der Waals surface area (Å²) < 4.78 is 5.19. The summed E-state index contributed by atoms with van der Waals surface area (Å²) in [5.41, 5.74) is 0.506. The number of carbonyl (C=O) groups is 1. The zero-order chi connectivity index (χ0) is 17.7. The molecule has 0 aliphatic heterocycles. The quantitative estimate of drug-likeness (QED) is 0.466. The Morgan fingerprint density at radius 3 is 2.54 bits per heavy atom. The van der Waals surface area contributed by atoms with E-state index in [0.29, 0.717) is 16.5 Å². The molecule has 126 valence electrons. The molecule has 1 atom stereocenters. The van der Waals surface area contributed by atoms with Crippen LogP contribution in [-0.2, 0) is 4.79 Å². The molecule has 0 fully saturated rings. The van der Waals surface area contributed by atoms with Crippen molar-refractivity contribution in [3.8, 4) is 5.75 Å². The standard InChI is InChI=1S/C16H15ClN2O4S/c1-10(24-13-6-4-12(5-7-13)19(21)22)16(20)18-14-9-11(17)3-8-15(14)23-2/h3-10H,1-2H3,(H,18,20)/t10-/m0/s1. The number of ether oxygens (including phenoxy) is 1. The first-order valence-corrected chi connectivity index (χ1v) is 8.22. The summed E-state index contributed by atoms with van der Waals surface area (Å²) in [6.45, 7) is 1.75. The number of carbonyl (C=O) groups excluding carboxylic acids is 1. The third-order valence-electron chi connectivity index (χ3n) is 3.15. The maximum atomic E-state index is 12.3. The third kappa shape index (κ3) is 4.62. The van der Waals surface area contributed by atoms with Crippen molar-refractivity contribution in [1.29, 1.82) is 0 Å². The fourth-order valence-electron chi connectivity index (χ4n) is 1.92. The van der Waals surface area contributed by atoms with Gasteiger partial charge in [-0.15, -0.1) is 11.8 Å². The van der Waals surface area contributed by atoms with E-state index in [0.717, 1.165) is 4.90 Å². The Balaban J connectivity index is 2.04. The summed E-state index contributed by atoms with van der Waals surface area (Å²) >= 11 is 7.24. The van der Waals surface area contributed by atoms with Crippen LogP contribution in [0.5, 0.6) is 5.75 Å². The molecular formula is C16H15ClN2O4S. The van der Waals surface area contributed by atoms with Crippen molar-refractivity contribution in [2.75, 3.05) is 12.4 Å². The molecule has 0 aliphatic rings. The summed E-state index contributed by atoms with van der Waals surface area (Å²) in [6, 6.07) is 11.0. The second-order valence-corrected chi connectivity index (χ2v) is 6.70. The number of non-ortho nitro benzene ring substituents is 1. The van der Waals surface area contributed by atoms with Gasteiger partial charge < -0.3 is 10.1 Å². The molecule has 2 rings (SSSR count). The molecule has 0 spiro atoms. The normalized spacial score (nSPS) is 11.6. The Bertz CT molecular complexity index is 752. The number of hydrogen-bond donors (Lipinski definition) is 1. The van der Waals surface area contributed by atoms with Gasteiger partial charge in [-0.3, -0.25) is 14.9 Å². The molecule has 0 unspecified atom stereocenters. The number of amides is 1. The van der Waals surface area contributed by atoms with Crippen molar-refractivity contribution < 1.29 is 14.5 Å². The Hall–Kier alpha value is -2.25. The summed E-state index contributed by atoms with van der Waals surface area (Å²) in [5.74, 6) is 0.291. The average molecular weight is 367 g/mol. The molecule has 0 radical (unpaired) electrons. The topological polar surface area (TPSA) is 81.5 Å². The molecule has 0 saturated heterocycles. The molecule has 2 aromatic carbocycles. The average Bonchev–Trinajstić information content (AvgIpc) is 2.55. The number of benzene rings is 2. The molecule has 0 heterocycles. The van der Waals surface area contributed by atoms with Gasteiger partial charge in [-0.2, -0.15) is 0 Å². The summed E-state index contributed by atoms with van der Waals surface area (Å²) in [7, 11) is 1.51. The molecular weight excluding hydrogens is 352 g/mol. The maximum Gasteiger partial charge on any atom is 0.269 e. The van der Waals surface area contributed by atoms with E-state index in [-0.39, 0.29) is 11.6 Å². The van der Waals surface area contributed by atoms with Crippen molar-refractivity contribution in [2.24, 2.45) is 0 Å². The highest BCUT2D eigenvalue weighted by molar-refractivity contribution is 8.00. The van der Waals surface area contributed by atoms with Crippen LogP contribution in [0.25, 0.3) is 0 Å². The first kappa shape index (κ1) is 18.1. The van der Waals surface area contributed by atoms with Gasteiger partial charge in [0.2, 0.25) is 5.91 Å². The largest absolute Gasteiger partial charge is 0.495 e. The van der Waals surface area contributed by atoms with Crippen LogP contribution in [0.15, 0.2) is 47.4 Å². The summed E-state index contributed by atoms with van der Waals surface area (Å²) in [4.78, 5) is 23.3. The number of anilines is 1. The molecule has 24 heavy (non-hydrogen) atoms. The highest BCUT2D eigenvalue weighted by atomic mass is 35.5.